The summed E-state index contributed by atoms with van der Waals surface area (Å²) in [6, 6.07) is 4.84. The third kappa shape index (κ3) is 4.02. The van der Waals surface area contributed by atoms with Crippen molar-refractivity contribution in [3.63, 3.8) is 0 Å². The van der Waals surface area contributed by atoms with Crippen LogP contribution in [0.3, 0.4) is 0 Å². The molecular weight excluding hydrogens is 236 g/mol. The van der Waals surface area contributed by atoms with Crippen LogP contribution in [0.15, 0.2) is 18.3 Å². The van der Waals surface area contributed by atoms with Gasteiger partial charge >= 0.3 is 0 Å². The van der Waals surface area contributed by atoms with Crippen molar-refractivity contribution in [1.82, 2.24) is 10.3 Å². The molecule has 1 aliphatic heterocycles. The summed E-state index contributed by atoms with van der Waals surface area (Å²) in [4.78, 5) is 4.58. The number of pyridine rings is 1. The standard InChI is InChI=1S/C16H26N2O/c1-4-13-6-7-15(18-10-13)9-16(17-5-2)14-8-12(3)19-11-14/h6-7,10,12,14,16-17H,4-5,8-9,11H2,1-3H3. The van der Waals surface area contributed by atoms with Crippen molar-refractivity contribution in [3.8, 4) is 0 Å². The molecule has 1 saturated heterocycles. The molecule has 0 bridgehead atoms. The Balaban J connectivity index is 1.98. The lowest BCUT2D eigenvalue weighted by molar-refractivity contribution is 0.117. The summed E-state index contributed by atoms with van der Waals surface area (Å²) in [5.41, 5.74) is 2.49. The molecule has 0 radical (unpaired) electrons. The van der Waals surface area contributed by atoms with Gasteiger partial charge in [-0.3, -0.25) is 4.98 Å². The Kier molecular flexibility index (Phi) is 5.34. The fourth-order valence-electron chi connectivity index (χ4n) is 2.81. The van der Waals surface area contributed by atoms with E-state index in [1.807, 2.05) is 6.20 Å². The molecule has 1 aliphatic rings. The lowest BCUT2D eigenvalue weighted by atomic mass is 9.93. The second-order valence-corrected chi connectivity index (χ2v) is 5.52. The van der Waals surface area contributed by atoms with Crippen LogP contribution >= 0.6 is 0 Å². The summed E-state index contributed by atoms with van der Waals surface area (Å²) >= 11 is 0. The van der Waals surface area contributed by atoms with Gasteiger partial charge in [0, 0.05) is 30.3 Å². The highest BCUT2D eigenvalue weighted by atomic mass is 16.5. The predicted octanol–water partition coefficient (Wildman–Crippen LogP) is 2.59. The van der Waals surface area contributed by atoms with Gasteiger partial charge in [-0.2, -0.15) is 0 Å². The van der Waals surface area contributed by atoms with Crippen LogP contribution in [0.1, 0.15) is 38.4 Å². The molecule has 106 valence electrons. The Morgan fingerprint density at radius 2 is 2.26 bits per heavy atom. The Morgan fingerprint density at radius 3 is 2.79 bits per heavy atom. The summed E-state index contributed by atoms with van der Waals surface area (Å²) < 4.78 is 5.71. The Labute approximate surface area is 116 Å². The Bertz CT molecular complexity index is 377. The van der Waals surface area contributed by atoms with E-state index >= 15 is 0 Å². The lowest BCUT2D eigenvalue weighted by Crippen LogP contribution is -2.38. The summed E-state index contributed by atoms with van der Waals surface area (Å²) in [7, 11) is 0. The van der Waals surface area contributed by atoms with E-state index in [0.29, 0.717) is 18.1 Å². The zero-order valence-corrected chi connectivity index (χ0v) is 12.4. The van der Waals surface area contributed by atoms with Crippen molar-refractivity contribution in [2.45, 2.75) is 52.2 Å². The number of aromatic nitrogens is 1. The average molecular weight is 262 g/mol. The summed E-state index contributed by atoms with van der Waals surface area (Å²) in [6.07, 6.45) is 5.62. The molecule has 2 heterocycles. The lowest BCUT2D eigenvalue weighted by Gasteiger charge is -2.23. The maximum Gasteiger partial charge on any atom is 0.0551 e. The normalized spacial score (nSPS) is 24.6. The van der Waals surface area contributed by atoms with E-state index in [2.05, 4.69) is 43.2 Å². The second-order valence-electron chi connectivity index (χ2n) is 5.52. The van der Waals surface area contributed by atoms with Gasteiger partial charge < -0.3 is 10.1 Å². The highest BCUT2D eigenvalue weighted by Gasteiger charge is 2.29. The van der Waals surface area contributed by atoms with Crippen molar-refractivity contribution in [3.05, 3.63) is 29.6 Å². The van der Waals surface area contributed by atoms with Crippen LogP contribution in [0.4, 0.5) is 0 Å². The number of ether oxygens (including phenoxy) is 1. The minimum atomic E-state index is 0.404. The maximum absolute atomic E-state index is 5.71. The number of aryl methyl sites for hydroxylation is 1. The van der Waals surface area contributed by atoms with E-state index < -0.39 is 0 Å². The van der Waals surface area contributed by atoms with E-state index in [9.17, 15) is 0 Å². The first-order valence-electron chi connectivity index (χ1n) is 7.51. The number of hydrogen-bond donors (Lipinski definition) is 1. The van der Waals surface area contributed by atoms with E-state index in [1.54, 1.807) is 0 Å². The van der Waals surface area contributed by atoms with Gasteiger partial charge in [0.05, 0.1) is 12.7 Å². The number of likely N-dealkylation sites (N-methyl/N-ethyl adjacent to an activating group) is 1. The molecule has 0 saturated carbocycles. The van der Waals surface area contributed by atoms with E-state index in [1.165, 1.54) is 11.3 Å². The molecule has 1 fully saturated rings. The smallest absolute Gasteiger partial charge is 0.0551 e. The molecule has 1 aromatic heterocycles. The minimum absolute atomic E-state index is 0.404. The summed E-state index contributed by atoms with van der Waals surface area (Å²) in [6.45, 7) is 8.38. The Morgan fingerprint density at radius 1 is 1.42 bits per heavy atom. The quantitative estimate of drug-likeness (QED) is 0.855. The van der Waals surface area contributed by atoms with Crippen LogP contribution in [0.2, 0.25) is 0 Å². The van der Waals surface area contributed by atoms with Crippen molar-refractivity contribution in [1.29, 1.82) is 0 Å². The summed E-state index contributed by atoms with van der Waals surface area (Å²) in [5, 5.41) is 3.60. The van der Waals surface area contributed by atoms with Crippen molar-refractivity contribution >= 4 is 0 Å². The zero-order valence-electron chi connectivity index (χ0n) is 12.4. The highest BCUT2D eigenvalue weighted by molar-refractivity contribution is 5.15. The molecule has 0 aromatic carbocycles. The van der Waals surface area contributed by atoms with Gasteiger partial charge in [0.2, 0.25) is 0 Å². The molecule has 3 unspecified atom stereocenters. The summed E-state index contributed by atoms with van der Waals surface area (Å²) in [5.74, 6) is 0.614. The van der Waals surface area contributed by atoms with Crippen molar-refractivity contribution in [2.75, 3.05) is 13.2 Å². The van der Waals surface area contributed by atoms with Crippen LogP contribution in [0.5, 0.6) is 0 Å². The first-order valence-corrected chi connectivity index (χ1v) is 7.51. The molecule has 1 N–H and O–H groups in total. The second kappa shape index (κ2) is 7.01. The third-order valence-electron chi connectivity index (χ3n) is 3.99. The number of nitrogens with one attached hydrogen (secondary N) is 1. The maximum atomic E-state index is 5.71. The third-order valence-corrected chi connectivity index (χ3v) is 3.99. The van der Waals surface area contributed by atoms with Gasteiger partial charge in [0.1, 0.15) is 0 Å². The van der Waals surface area contributed by atoms with E-state index in [0.717, 1.165) is 32.4 Å². The molecule has 19 heavy (non-hydrogen) atoms. The van der Waals surface area contributed by atoms with Gasteiger partial charge in [-0.15, -0.1) is 0 Å². The average Bonchev–Trinajstić information content (AvgIpc) is 2.86. The van der Waals surface area contributed by atoms with Crippen LogP contribution in [0, 0.1) is 5.92 Å². The van der Waals surface area contributed by atoms with Crippen molar-refractivity contribution in [2.24, 2.45) is 5.92 Å². The molecule has 1 aromatic rings. The molecule has 2 rings (SSSR count). The van der Waals surface area contributed by atoms with Crippen LogP contribution in [-0.4, -0.2) is 30.3 Å². The van der Waals surface area contributed by atoms with Gasteiger partial charge in [0.15, 0.2) is 0 Å². The van der Waals surface area contributed by atoms with Gasteiger partial charge in [-0.1, -0.05) is 19.9 Å². The minimum Gasteiger partial charge on any atom is -0.378 e. The van der Waals surface area contributed by atoms with Gasteiger partial charge in [0.25, 0.3) is 0 Å². The van der Waals surface area contributed by atoms with Crippen LogP contribution < -0.4 is 5.32 Å². The number of hydrogen-bond acceptors (Lipinski definition) is 3. The first-order chi connectivity index (χ1) is 9.22. The highest BCUT2D eigenvalue weighted by Crippen LogP contribution is 2.24. The van der Waals surface area contributed by atoms with Gasteiger partial charge in [-0.05, 0) is 37.9 Å². The molecule has 0 spiro atoms. The molecule has 3 nitrogen and oxygen atoms in total. The predicted molar refractivity (Wildman–Crippen MR) is 78.3 cm³/mol. The largest absolute Gasteiger partial charge is 0.378 e. The topological polar surface area (TPSA) is 34.2 Å². The van der Waals surface area contributed by atoms with Gasteiger partial charge in [-0.25, -0.2) is 0 Å². The first kappa shape index (κ1) is 14.5. The number of nitrogens with zero attached hydrogens (tertiary/aromatic N) is 1. The van der Waals surface area contributed by atoms with Crippen LogP contribution in [0.25, 0.3) is 0 Å². The van der Waals surface area contributed by atoms with E-state index in [-0.39, 0.29) is 0 Å². The fraction of sp³-hybridized carbons (Fsp3) is 0.688. The van der Waals surface area contributed by atoms with Crippen LogP contribution in [-0.2, 0) is 17.6 Å². The zero-order chi connectivity index (χ0) is 13.7. The molecule has 0 amide bonds. The van der Waals surface area contributed by atoms with E-state index in [4.69, 9.17) is 4.74 Å². The molecular formula is C16H26N2O. The molecule has 0 aliphatic carbocycles. The monoisotopic (exact) mass is 262 g/mol. The molecule has 3 atom stereocenters. The fourth-order valence-corrected chi connectivity index (χ4v) is 2.81. The Hall–Kier alpha value is -0.930. The SMILES string of the molecule is CCNC(Cc1ccc(CC)cn1)C1COC(C)C1. The number of rotatable bonds is 6. The van der Waals surface area contributed by atoms with Crippen molar-refractivity contribution < 1.29 is 4.74 Å². The molecule has 3 heteroatoms.